The predicted octanol–water partition coefficient (Wildman–Crippen LogP) is 4.06. The Labute approximate surface area is 115 Å². The maximum atomic E-state index is 14.0. The van der Waals surface area contributed by atoms with Gasteiger partial charge >= 0.3 is 0 Å². The molecule has 0 amide bonds. The first-order valence-corrected chi connectivity index (χ1v) is 7.03. The van der Waals surface area contributed by atoms with Crippen molar-refractivity contribution >= 4 is 0 Å². The molecule has 0 aliphatic heterocycles. The highest BCUT2D eigenvalue weighted by Crippen LogP contribution is 2.38. The standard InChI is InChI=1S/C16H24FNO/c1-11(18-15-6-5-9-16(15,2)3)13-8-7-12(19-4)10-14(13)17/h7-8,10-11,15,18H,5-6,9H2,1-4H3. The molecule has 0 bridgehead atoms. The predicted molar refractivity (Wildman–Crippen MR) is 75.9 cm³/mol. The van der Waals surface area contributed by atoms with Crippen molar-refractivity contribution in [3.8, 4) is 5.75 Å². The van der Waals surface area contributed by atoms with Gasteiger partial charge in [0, 0.05) is 23.7 Å². The maximum Gasteiger partial charge on any atom is 0.131 e. The van der Waals surface area contributed by atoms with Crippen LogP contribution in [0, 0.1) is 11.2 Å². The minimum absolute atomic E-state index is 0.0216. The molecule has 3 heteroatoms. The van der Waals surface area contributed by atoms with Gasteiger partial charge in [0.2, 0.25) is 0 Å². The third-order valence-electron chi connectivity index (χ3n) is 4.38. The van der Waals surface area contributed by atoms with Gasteiger partial charge in [-0.3, -0.25) is 0 Å². The number of halogens is 1. The average Bonchev–Trinajstić information content (AvgIpc) is 2.68. The quantitative estimate of drug-likeness (QED) is 0.886. The molecular formula is C16H24FNO. The molecule has 19 heavy (non-hydrogen) atoms. The molecule has 1 fully saturated rings. The topological polar surface area (TPSA) is 21.3 Å². The Kier molecular flexibility index (Phi) is 4.14. The summed E-state index contributed by atoms with van der Waals surface area (Å²) >= 11 is 0. The first kappa shape index (κ1) is 14.3. The van der Waals surface area contributed by atoms with Gasteiger partial charge in [0.05, 0.1) is 7.11 Å². The second-order valence-corrected chi connectivity index (χ2v) is 6.21. The van der Waals surface area contributed by atoms with Gasteiger partial charge in [-0.2, -0.15) is 0 Å². The summed E-state index contributed by atoms with van der Waals surface area (Å²) in [6.45, 7) is 6.60. The maximum absolute atomic E-state index is 14.0. The lowest BCUT2D eigenvalue weighted by Gasteiger charge is -2.31. The fourth-order valence-electron chi connectivity index (χ4n) is 3.01. The highest BCUT2D eigenvalue weighted by Gasteiger charge is 2.35. The molecule has 1 aliphatic carbocycles. The summed E-state index contributed by atoms with van der Waals surface area (Å²) in [5.74, 6) is 0.366. The molecule has 2 rings (SSSR count). The summed E-state index contributed by atoms with van der Waals surface area (Å²) in [6.07, 6.45) is 3.67. The van der Waals surface area contributed by atoms with Gasteiger partial charge in [0.1, 0.15) is 11.6 Å². The van der Waals surface area contributed by atoms with Crippen molar-refractivity contribution in [3.63, 3.8) is 0 Å². The van der Waals surface area contributed by atoms with E-state index in [1.54, 1.807) is 7.11 Å². The Bertz CT molecular complexity index is 444. The van der Waals surface area contributed by atoms with Crippen LogP contribution in [0.2, 0.25) is 0 Å². The summed E-state index contributed by atoms with van der Waals surface area (Å²) < 4.78 is 19.1. The summed E-state index contributed by atoms with van der Waals surface area (Å²) in [6, 6.07) is 5.56. The van der Waals surface area contributed by atoms with Gasteiger partial charge in [-0.25, -0.2) is 4.39 Å². The summed E-state index contributed by atoms with van der Waals surface area (Å²) in [7, 11) is 1.55. The van der Waals surface area contributed by atoms with E-state index in [2.05, 4.69) is 19.2 Å². The van der Waals surface area contributed by atoms with Crippen LogP contribution in [0.4, 0.5) is 4.39 Å². The monoisotopic (exact) mass is 265 g/mol. The van der Waals surface area contributed by atoms with Gasteiger partial charge in [-0.15, -0.1) is 0 Å². The number of ether oxygens (including phenoxy) is 1. The lowest BCUT2D eigenvalue weighted by Crippen LogP contribution is -2.39. The lowest BCUT2D eigenvalue weighted by atomic mass is 9.86. The molecule has 0 spiro atoms. The van der Waals surface area contributed by atoms with E-state index in [1.165, 1.54) is 25.3 Å². The second kappa shape index (κ2) is 5.49. The van der Waals surface area contributed by atoms with E-state index in [4.69, 9.17) is 4.74 Å². The van der Waals surface area contributed by atoms with E-state index in [0.717, 1.165) is 0 Å². The summed E-state index contributed by atoms with van der Waals surface area (Å²) in [5.41, 5.74) is 1.01. The lowest BCUT2D eigenvalue weighted by molar-refractivity contribution is 0.264. The molecule has 2 atom stereocenters. The van der Waals surface area contributed by atoms with Gasteiger partial charge < -0.3 is 10.1 Å². The van der Waals surface area contributed by atoms with Crippen LogP contribution in [0.3, 0.4) is 0 Å². The first-order valence-electron chi connectivity index (χ1n) is 7.03. The van der Waals surface area contributed by atoms with Gasteiger partial charge in [-0.1, -0.05) is 26.3 Å². The van der Waals surface area contributed by atoms with Gasteiger partial charge in [0.25, 0.3) is 0 Å². The van der Waals surface area contributed by atoms with Gasteiger partial charge in [-0.05, 0) is 31.2 Å². The number of benzene rings is 1. The zero-order valence-electron chi connectivity index (χ0n) is 12.3. The highest BCUT2D eigenvalue weighted by molar-refractivity contribution is 5.30. The van der Waals surface area contributed by atoms with Crippen LogP contribution in [-0.4, -0.2) is 13.2 Å². The highest BCUT2D eigenvalue weighted by atomic mass is 19.1. The molecule has 0 aromatic heterocycles. The Balaban J connectivity index is 2.09. The molecule has 0 saturated heterocycles. The number of nitrogens with one attached hydrogen (secondary N) is 1. The Hall–Kier alpha value is -1.09. The van der Waals surface area contributed by atoms with E-state index >= 15 is 0 Å². The van der Waals surface area contributed by atoms with Crippen molar-refractivity contribution in [2.75, 3.05) is 7.11 Å². The fraction of sp³-hybridized carbons (Fsp3) is 0.625. The Morgan fingerprint density at radius 2 is 2.16 bits per heavy atom. The molecule has 1 saturated carbocycles. The average molecular weight is 265 g/mol. The fourth-order valence-corrected chi connectivity index (χ4v) is 3.01. The molecule has 1 N–H and O–H groups in total. The molecule has 1 aromatic carbocycles. The van der Waals surface area contributed by atoms with Crippen molar-refractivity contribution in [1.82, 2.24) is 5.32 Å². The van der Waals surface area contributed by atoms with Crippen LogP contribution in [0.25, 0.3) is 0 Å². The minimum Gasteiger partial charge on any atom is -0.497 e. The van der Waals surface area contributed by atoms with E-state index < -0.39 is 0 Å². The van der Waals surface area contributed by atoms with Crippen molar-refractivity contribution in [1.29, 1.82) is 0 Å². The molecule has 1 aliphatic rings. The largest absolute Gasteiger partial charge is 0.497 e. The Morgan fingerprint density at radius 3 is 2.68 bits per heavy atom. The SMILES string of the molecule is COc1ccc(C(C)NC2CCCC2(C)C)c(F)c1. The Morgan fingerprint density at radius 1 is 1.42 bits per heavy atom. The van der Waals surface area contributed by atoms with Crippen molar-refractivity contribution in [2.45, 2.75) is 52.1 Å². The summed E-state index contributed by atoms with van der Waals surface area (Å²) in [5, 5.41) is 3.58. The molecule has 0 heterocycles. The first-order chi connectivity index (χ1) is 8.94. The van der Waals surface area contributed by atoms with E-state index in [-0.39, 0.29) is 11.9 Å². The number of hydrogen-bond acceptors (Lipinski definition) is 2. The van der Waals surface area contributed by atoms with Crippen LogP contribution < -0.4 is 10.1 Å². The zero-order chi connectivity index (χ0) is 14.0. The van der Waals surface area contributed by atoms with Crippen LogP contribution in [0.5, 0.6) is 5.75 Å². The third-order valence-corrected chi connectivity index (χ3v) is 4.38. The van der Waals surface area contributed by atoms with Crippen LogP contribution in [-0.2, 0) is 0 Å². The van der Waals surface area contributed by atoms with Crippen molar-refractivity contribution in [3.05, 3.63) is 29.6 Å². The van der Waals surface area contributed by atoms with Crippen molar-refractivity contribution in [2.24, 2.45) is 5.41 Å². The summed E-state index contributed by atoms with van der Waals surface area (Å²) in [4.78, 5) is 0. The van der Waals surface area contributed by atoms with Crippen molar-refractivity contribution < 1.29 is 9.13 Å². The molecule has 2 unspecified atom stereocenters. The number of hydrogen-bond donors (Lipinski definition) is 1. The molecule has 1 aromatic rings. The number of rotatable bonds is 4. The molecule has 106 valence electrons. The number of methoxy groups -OCH3 is 1. The smallest absolute Gasteiger partial charge is 0.131 e. The third kappa shape index (κ3) is 3.08. The minimum atomic E-state index is -0.199. The van der Waals surface area contributed by atoms with E-state index in [1.807, 2.05) is 19.1 Å². The van der Waals surface area contributed by atoms with E-state index in [0.29, 0.717) is 22.8 Å². The zero-order valence-corrected chi connectivity index (χ0v) is 12.3. The van der Waals surface area contributed by atoms with Gasteiger partial charge in [0.15, 0.2) is 0 Å². The molecule has 2 nitrogen and oxygen atoms in total. The second-order valence-electron chi connectivity index (χ2n) is 6.21. The molecular weight excluding hydrogens is 241 g/mol. The van der Waals surface area contributed by atoms with E-state index in [9.17, 15) is 4.39 Å². The van der Waals surface area contributed by atoms with Crippen LogP contribution >= 0.6 is 0 Å². The van der Waals surface area contributed by atoms with Crippen LogP contribution in [0.1, 0.15) is 51.6 Å². The molecule has 0 radical (unpaired) electrons. The van der Waals surface area contributed by atoms with Crippen LogP contribution in [0.15, 0.2) is 18.2 Å². The normalized spacial score (nSPS) is 23.3.